The monoisotopic (exact) mass is 459 g/mol. The summed E-state index contributed by atoms with van der Waals surface area (Å²) in [6.07, 6.45) is 0.366. The Bertz CT molecular complexity index is 964. The van der Waals surface area contributed by atoms with Crippen molar-refractivity contribution in [2.24, 2.45) is 0 Å². The molecule has 1 aromatic carbocycles. The van der Waals surface area contributed by atoms with Crippen molar-refractivity contribution in [2.75, 3.05) is 12.3 Å². The molecule has 0 aromatic heterocycles. The van der Waals surface area contributed by atoms with Gasteiger partial charge in [-0.2, -0.15) is 0 Å². The largest absolute Gasteiger partial charge is 0.481 e. The SMILES string of the molecule is Nc1ccc(C(=O)NC2CCC(=O)N3CCCC(C(=O)NC(C=O)CC(=O)O)N3C2=O)cc1. The van der Waals surface area contributed by atoms with Gasteiger partial charge < -0.3 is 26.3 Å². The van der Waals surface area contributed by atoms with Crippen molar-refractivity contribution in [3.8, 4) is 0 Å². The number of nitrogens with zero attached hydrogens (tertiary/aromatic N) is 2. The molecule has 2 aliphatic heterocycles. The van der Waals surface area contributed by atoms with E-state index in [9.17, 15) is 28.8 Å². The Kier molecular flexibility index (Phi) is 7.26. The molecule has 12 heteroatoms. The number of carbonyl (C=O) groups is 6. The first-order chi connectivity index (χ1) is 15.7. The van der Waals surface area contributed by atoms with Crippen LogP contribution in [-0.4, -0.2) is 75.7 Å². The van der Waals surface area contributed by atoms with Gasteiger partial charge in [-0.1, -0.05) is 0 Å². The van der Waals surface area contributed by atoms with Gasteiger partial charge in [-0.25, -0.2) is 5.01 Å². The van der Waals surface area contributed by atoms with Crippen LogP contribution >= 0.6 is 0 Å². The molecule has 5 N–H and O–H groups in total. The first-order valence-electron chi connectivity index (χ1n) is 10.5. The molecule has 3 rings (SSSR count). The van der Waals surface area contributed by atoms with Crippen LogP contribution in [0.4, 0.5) is 5.69 Å². The summed E-state index contributed by atoms with van der Waals surface area (Å²) in [4.78, 5) is 73.6. The van der Waals surface area contributed by atoms with Gasteiger partial charge in [0, 0.05) is 24.2 Å². The van der Waals surface area contributed by atoms with E-state index >= 15 is 0 Å². The van der Waals surface area contributed by atoms with Crippen molar-refractivity contribution in [1.82, 2.24) is 20.7 Å². The minimum absolute atomic E-state index is 0.0146. The molecule has 33 heavy (non-hydrogen) atoms. The van der Waals surface area contributed by atoms with Gasteiger partial charge in [0.2, 0.25) is 11.8 Å². The number of rotatable bonds is 7. The molecular formula is C21H25N5O7. The van der Waals surface area contributed by atoms with Gasteiger partial charge in [0.05, 0.1) is 12.5 Å². The van der Waals surface area contributed by atoms with Crippen molar-refractivity contribution < 1.29 is 33.9 Å². The highest BCUT2D eigenvalue weighted by molar-refractivity contribution is 6.00. The van der Waals surface area contributed by atoms with E-state index in [-0.39, 0.29) is 37.3 Å². The van der Waals surface area contributed by atoms with Crippen LogP contribution < -0.4 is 16.4 Å². The number of fused-ring (bicyclic) bond motifs is 1. The van der Waals surface area contributed by atoms with Gasteiger partial charge in [-0.05, 0) is 43.5 Å². The maximum atomic E-state index is 13.3. The predicted molar refractivity (Wildman–Crippen MR) is 113 cm³/mol. The third-order valence-electron chi connectivity index (χ3n) is 5.53. The lowest BCUT2D eigenvalue weighted by Crippen LogP contribution is -2.64. The fourth-order valence-electron chi connectivity index (χ4n) is 3.88. The number of nitrogens with one attached hydrogen (secondary N) is 2. The first kappa shape index (κ1) is 23.7. The summed E-state index contributed by atoms with van der Waals surface area (Å²) < 4.78 is 0. The summed E-state index contributed by atoms with van der Waals surface area (Å²) in [5, 5.41) is 16.1. The Labute approximate surface area is 189 Å². The van der Waals surface area contributed by atoms with Crippen LogP contribution in [0.25, 0.3) is 0 Å². The highest BCUT2D eigenvalue weighted by Crippen LogP contribution is 2.25. The third-order valence-corrected chi connectivity index (χ3v) is 5.53. The molecule has 176 valence electrons. The molecule has 2 saturated heterocycles. The fourth-order valence-corrected chi connectivity index (χ4v) is 3.88. The maximum Gasteiger partial charge on any atom is 0.305 e. The quantitative estimate of drug-likeness (QED) is 0.298. The van der Waals surface area contributed by atoms with Crippen LogP contribution in [0, 0.1) is 0 Å². The molecule has 2 aliphatic rings. The van der Waals surface area contributed by atoms with Crippen molar-refractivity contribution in [3.63, 3.8) is 0 Å². The Morgan fingerprint density at radius 1 is 1.18 bits per heavy atom. The zero-order valence-corrected chi connectivity index (χ0v) is 17.7. The zero-order valence-electron chi connectivity index (χ0n) is 17.7. The van der Waals surface area contributed by atoms with Gasteiger partial charge in [-0.15, -0.1) is 0 Å². The average Bonchev–Trinajstić information content (AvgIpc) is 2.90. The molecule has 2 heterocycles. The number of amides is 4. The molecule has 1 aromatic rings. The van der Waals surface area contributed by atoms with Crippen LogP contribution in [0.3, 0.4) is 0 Å². The number of carbonyl (C=O) groups excluding carboxylic acids is 5. The van der Waals surface area contributed by atoms with E-state index < -0.39 is 48.2 Å². The highest BCUT2D eigenvalue weighted by Gasteiger charge is 2.44. The number of nitrogens with two attached hydrogens (primary N) is 1. The van der Waals surface area contributed by atoms with Crippen molar-refractivity contribution in [2.45, 2.75) is 50.2 Å². The lowest BCUT2D eigenvalue weighted by molar-refractivity contribution is -0.176. The molecule has 0 aliphatic carbocycles. The van der Waals surface area contributed by atoms with E-state index in [0.717, 1.165) is 5.01 Å². The van der Waals surface area contributed by atoms with E-state index in [1.807, 2.05) is 0 Å². The smallest absolute Gasteiger partial charge is 0.305 e. The van der Waals surface area contributed by atoms with Crippen LogP contribution in [0.1, 0.15) is 42.5 Å². The average molecular weight is 459 g/mol. The van der Waals surface area contributed by atoms with Crippen LogP contribution in [-0.2, 0) is 24.0 Å². The molecule has 3 unspecified atom stereocenters. The summed E-state index contributed by atoms with van der Waals surface area (Å²) in [6, 6.07) is 2.63. The summed E-state index contributed by atoms with van der Waals surface area (Å²) in [6.45, 7) is 0.221. The molecule has 0 saturated carbocycles. The molecule has 12 nitrogen and oxygen atoms in total. The molecule has 3 atom stereocenters. The van der Waals surface area contributed by atoms with Crippen molar-refractivity contribution >= 4 is 41.6 Å². The number of hydrogen-bond acceptors (Lipinski definition) is 7. The minimum Gasteiger partial charge on any atom is -0.481 e. The number of carboxylic acid groups (broad SMARTS) is 1. The van der Waals surface area contributed by atoms with Crippen LogP contribution in [0.5, 0.6) is 0 Å². The number of hydrazine groups is 1. The van der Waals surface area contributed by atoms with Gasteiger partial charge in [-0.3, -0.25) is 29.0 Å². The predicted octanol–water partition coefficient (Wildman–Crippen LogP) is -0.946. The second kappa shape index (κ2) is 10.1. The number of nitrogen functional groups attached to an aromatic ring is 1. The topological polar surface area (TPSA) is 179 Å². The van der Waals surface area contributed by atoms with E-state index in [4.69, 9.17) is 10.8 Å². The summed E-state index contributed by atoms with van der Waals surface area (Å²) in [5.74, 6) is -3.56. The molecule has 4 amide bonds. The molecule has 0 radical (unpaired) electrons. The van der Waals surface area contributed by atoms with Crippen LogP contribution in [0.2, 0.25) is 0 Å². The van der Waals surface area contributed by atoms with E-state index in [2.05, 4.69) is 10.6 Å². The molecular weight excluding hydrogens is 434 g/mol. The molecule has 2 fully saturated rings. The number of aliphatic carboxylic acids is 1. The Balaban J connectivity index is 1.80. The first-order valence-corrected chi connectivity index (χ1v) is 10.5. The Morgan fingerprint density at radius 2 is 1.88 bits per heavy atom. The Morgan fingerprint density at radius 3 is 2.52 bits per heavy atom. The molecule has 0 bridgehead atoms. The third kappa shape index (κ3) is 5.45. The number of aldehydes is 1. The van der Waals surface area contributed by atoms with Crippen molar-refractivity contribution in [3.05, 3.63) is 29.8 Å². The Hall–Kier alpha value is -3.96. The van der Waals surface area contributed by atoms with Gasteiger partial charge >= 0.3 is 5.97 Å². The number of benzene rings is 1. The zero-order chi connectivity index (χ0) is 24.1. The summed E-state index contributed by atoms with van der Waals surface area (Å²) in [5.41, 5.74) is 6.38. The number of hydrogen-bond donors (Lipinski definition) is 4. The maximum absolute atomic E-state index is 13.3. The van der Waals surface area contributed by atoms with Gasteiger partial charge in [0.15, 0.2) is 0 Å². The van der Waals surface area contributed by atoms with E-state index in [1.165, 1.54) is 17.1 Å². The van der Waals surface area contributed by atoms with Gasteiger partial charge in [0.1, 0.15) is 18.4 Å². The highest BCUT2D eigenvalue weighted by atomic mass is 16.4. The second-order valence-corrected chi connectivity index (χ2v) is 7.89. The van der Waals surface area contributed by atoms with Crippen LogP contribution in [0.15, 0.2) is 24.3 Å². The molecule has 0 spiro atoms. The lowest BCUT2D eigenvalue weighted by atomic mass is 10.0. The second-order valence-electron chi connectivity index (χ2n) is 7.89. The number of carboxylic acids is 1. The standard InChI is InChI=1S/C21H25N5O7/c22-13-5-3-12(4-6-13)19(31)24-15-7-8-17(28)25-9-1-2-16(26(25)21(15)33)20(32)23-14(11-27)10-18(29)30/h3-6,11,14-16H,1-2,7-10,22H2,(H,23,32)(H,24,31)(H,29,30). The van der Waals surface area contributed by atoms with E-state index in [0.29, 0.717) is 18.4 Å². The number of anilines is 1. The summed E-state index contributed by atoms with van der Waals surface area (Å²) in [7, 11) is 0. The lowest BCUT2D eigenvalue weighted by Gasteiger charge is -2.43. The fraction of sp³-hybridized carbons (Fsp3) is 0.429. The van der Waals surface area contributed by atoms with Gasteiger partial charge in [0.25, 0.3) is 11.8 Å². The minimum atomic E-state index is -1.27. The normalized spacial score (nSPS) is 21.5. The van der Waals surface area contributed by atoms with Crippen molar-refractivity contribution in [1.29, 1.82) is 0 Å². The van der Waals surface area contributed by atoms with E-state index in [1.54, 1.807) is 12.1 Å². The summed E-state index contributed by atoms with van der Waals surface area (Å²) >= 11 is 0.